The van der Waals surface area contributed by atoms with E-state index in [0.717, 1.165) is 23.8 Å². The molecule has 148 valence electrons. The molecule has 6 heteroatoms. The third kappa shape index (κ3) is 3.88. The lowest BCUT2D eigenvalue weighted by molar-refractivity contribution is -0.0243. The van der Waals surface area contributed by atoms with Crippen LogP contribution in [0.5, 0.6) is 0 Å². The monoisotopic (exact) mass is 382 g/mol. The number of hydrogen-bond acceptors (Lipinski definition) is 5. The summed E-state index contributed by atoms with van der Waals surface area (Å²) in [5.41, 5.74) is 2.22. The van der Waals surface area contributed by atoms with Crippen molar-refractivity contribution in [3.63, 3.8) is 0 Å². The van der Waals surface area contributed by atoms with Gasteiger partial charge in [0, 0.05) is 11.8 Å². The number of fused-ring (bicyclic) bond motifs is 1. The molecule has 0 amide bonds. The van der Waals surface area contributed by atoms with Crippen molar-refractivity contribution < 1.29 is 14.3 Å². The van der Waals surface area contributed by atoms with E-state index in [9.17, 15) is 9.90 Å². The number of aromatic nitrogens is 2. The number of ether oxygens (including phenoxy) is 1. The minimum atomic E-state index is -0.400. The Morgan fingerprint density at radius 3 is 2.75 bits per heavy atom. The first-order chi connectivity index (χ1) is 13.7. The first-order valence-electron chi connectivity index (χ1n) is 10.1. The number of aliphatic hydroxyl groups excluding tert-OH is 1. The van der Waals surface area contributed by atoms with Gasteiger partial charge >= 0.3 is 5.69 Å². The molecule has 6 nitrogen and oxygen atoms in total. The van der Waals surface area contributed by atoms with Crippen molar-refractivity contribution in [1.82, 2.24) is 9.55 Å². The Labute approximate surface area is 163 Å². The maximum Gasteiger partial charge on any atom is 0.353 e. The van der Waals surface area contributed by atoms with Gasteiger partial charge in [0.15, 0.2) is 0 Å². The average molecular weight is 382 g/mol. The number of aliphatic hydroxyl groups is 1. The van der Waals surface area contributed by atoms with E-state index in [1.807, 2.05) is 6.07 Å². The van der Waals surface area contributed by atoms with Crippen molar-refractivity contribution in [2.45, 2.75) is 57.8 Å². The second kappa shape index (κ2) is 8.29. The molecule has 28 heavy (non-hydrogen) atoms. The van der Waals surface area contributed by atoms with Crippen LogP contribution in [-0.2, 0) is 11.2 Å². The van der Waals surface area contributed by atoms with Gasteiger partial charge in [0.1, 0.15) is 12.0 Å². The first-order valence-corrected chi connectivity index (χ1v) is 10.1. The fraction of sp³-hybridized carbons (Fsp3) is 0.455. The number of nitrogens with zero attached hydrogens (tertiary/aromatic N) is 2. The fourth-order valence-electron chi connectivity index (χ4n) is 3.71. The predicted molar refractivity (Wildman–Crippen MR) is 107 cm³/mol. The predicted octanol–water partition coefficient (Wildman–Crippen LogP) is 4.06. The van der Waals surface area contributed by atoms with Gasteiger partial charge in [-0.1, -0.05) is 44.0 Å². The molecule has 0 radical (unpaired) electrons. The molecule has 1 unspecified atom stereocenters. The van der Waals surface area contributed by atoms with Gasteiger partial charge in [0.05, 0.1) is 18.1 Å². The molecule has 3 aromatic rings. The van der Waals surface area contributed by atoms with Crippen molar-refractivity contribution in [2.24, 2.45) is 0 Å². The summed E-state index contributed by atoms with van der Waals surface area (Å²) in [4.78, 5) is 16.5. The Bertz CT molecular complexity index is 990. The minimum Gasteiger partial charge on any atom is -0.437 e. The van der Waals surface area contributed by atoms with Crippen LogP contribution in [0.2, 0.25) is 0 Å². The zero-order valence-electron chi connectivity index (χ0n) is 16.1. The molecule has 1 aromatic carbocycles. The van der Waals surface area contributed by atoms with Gasteiger partial charge in [-0.25, -0.2) is 4.79 Å². The van der Waals surface area contributed by atoms with Crippen molar-refractivity contribution >= 4 is 11.1 Å². The topological polar surface area (TPSA) is 77.5 Å². The van der Waals surface area contributed by atoms with E-state index in [-0.39, 0.29) is 18.9 Å². The van der Waals surface area contributed by atoms with Crippen LogP contribution in [0.15, 0.2) is 45.7 Å². The summed E-state index contributed by atoms with van der Waals surface area (Å²) in [5.74, 6) is 0.695. The van der Waals surface area contributed by atoms with Crippen molar-refractivity contribution in [3.05, 3.63) is 52.6 Å². The highest BCUT2D eigenvalue weighted by Gasteiger charge is 2.27. The molecule has 0 spiro atoms. The van der Waals surface area contributed by atoms with E-state index in [0.29, 0.717) is 17.9 Å². The molecule has 0 aliphatic carbocycles. The highest BCUT2D eigenvalue weighted by Crippen LogP contribution is 2.30. The quantitative estimate of drug-likeness (QED) is 0.624. The first kappa shape index (κ1) is 18.9. The summed E-state index contributed by atoms with van der Waals surface area (Å²) < 4.78 is 13.0. The zero-order valence-corrected chi connectivity index (χ0v) is 16.1. The number of unbranched alkanes of at least 4 members (excludes halogenated alkanes) is 2. The summed E-state index contributed by atoms with van der Waals surface area (Å²) in [5, 5.41) is 10.00. The van der Waals surface area contributed by atoms with Crippen LogP contribution in [0.1, 0.15) is 50.8 Å². The maximum absolute atomic E-state index is 12.4. The lowest BCUT2D eigenvalue weighted by atomic mass is 10.0. The van der Waals surface area contributed by atoms with Gasteiger partial charge in [-0.3, -0.25) is 4.57 Å². The molecule has 3 heterocycles. The van der Waals surface area contributed by atoms with Crippen LogP contribution >= 0.6 is 0 Å². The number of aryl methyl sites for hydroxylation is 1. The zero-order chi connectivity index (χ0) is 19.5. The molecule has 4 rings (SSSR count). The molecule has 1 fully saturated rings. The molecule has 0 saturated carbocycles. The van der Waals surface area contributed by atoms with Crippen molar-refractivity contribution in [3.8, 4) is 11.3 Å². The number of benzene rings is 1. The second-order valence-corrected chi connectivity index (χ2v) is 7.43. The van der Waals surface area contributed by atoms with E-state index in [1.165, 1.54) is 29.4 Å². The number of rotatable bonds is 7. The molecule has 1 N–H and O–H groups in total. The lowest BCUT2D eigenvalue weighted by Crippen LogP contribution is -2.27. The SMILES string of the molecule is CCCCCc1ccc(-c2cc3cn(C4CC[C@@H](CO)O4)c(=O)nc3o2)cc1. The maximum atomic E-state index is 12.4. The Balaban J connectivity index is 1.57. The molecule has 0 bridgehead atoms. The fourth-order valence-corrected chi connectivity index (χ4v) is 3.71. The molecule has 2 aromatic heterocycles. The van der Waals surface area contributed by atoms with Crippen LogP contribution in [0.25, 0.3) is 22.4 Å². The van der Waals surface area contributed by atoms with Crippen molar-refractivity contribution in [1.29, 1.82) is 0 Å². The summed E-state index contributed by atoms with van der Waals surface area (Å²) >= 11 is 0. The Morgan fingerprint density at radius 1 is 1.21 bits per heavy atom. The Hall–Kier alpha value is -2.44. The van der Waals surface area contributed by atoms with Gasteiger partial charge in [-0.05, 0) is 37.3 Å². The van der Waals surface area contributed by atoms with E-state index in [2.05, 4.69) is 36.2 Å². The highest BCUT2D eigenvalue weighted by atomic mass is 16.5. The van der Waals surface area contributed by atoms with Crippen LogP contribution in [-0.4, -0.2) is 27.4 Å². The van der Waals surface area contributed by atoms with Gasteiger partial charge in [-0.15, -0.1) is 0 Å². The van der Waals surface area contributed by atoms with E-state index < -0.39 is 5.69 Å². The Kier molecular flexibility index (Phi) is 5.59. The summed E-state index contributed by atoms with van der Waals surface area (Å²) in [6.07, 6.45) is 7.31. The smallest absolute Gasteiger partial charge is 0.353 e. The molecule has 1 aliphatic rings. The van der Waals surface area contributed by atoms with Gasteiger partial charge < -0.3 is 14.3 Å². The molecule has 1 aliphatic heterocycles. The molecular weight excluding hydrogens is 356 g/mol. The minimum absolute atomic E-state index is 0.0365. The largest absolute Gasteiger partial charge is 0.437 e. The van der Waals surface area contributed by atoms with E-state index in [1.54, 1.807) is 6.20 Å². The van der Waals surface area contributed by atoms with E-state index in [4.69, 9.17) is 9.15 Å². The second-order valence-electron chi connectivity index (χ2n) is 7.43. The average Bonchev–Trinajstić information content (AvgIpc) is 3.34. The van der Waals surface area contributed by atoms with E-state index >= 15 is 0 Å². The van der Waals surface area contributed by atoms with Gasteiger partial charge in [0.25, 0.3) is 0 Å². The van der Waals surface area contributed by atoms with Crippen LogP contribution in [0, 0.1) is 0 Å². The molecular formula is C22H26N2O4. The summed E-state index contributed by atoms with van der Waals surface area (Å²) in [7, 11) is 0. The van der Waals surface area contributed by atoms with Crippen LogP contribution < -0.4 is 5.69 Å². The van der Waals surface area contributed by atoms with Crippen LogP contribution in [0.3, 0.4) is 0 Å². The normalized spacial score (nSPS) is 19.5. The lowest BCUT2D eigenvalue weighted by Gasteiger charge is -2.14. The number of furan rings is 1. The van der Waals surface area contributed by atoms with Crippen LogP contribution in [0.4, 0.5) is 0 Å². The van der Waals surface area contributed by atoms with Gasteiger partial charge in [0.2, 0.25) is 5.71 Å². The standard InChI is InChI=1S/C22H26N2O4/c1-2-3-4-5-15-6-8-16(9-7-15)19-12-17-13-24(22(26)23-21(17)28-19)20-11-10-18(14-25)27-20/h6-9,12-13,18,20,25H,2-5,10-11,14H2,1H3/t18-,20?/m0/s1. The molecule has 1 saturated heterocycles. The number of hydrogen-bond donors (Lipinski definition) is 1. The molecule has 2 atom stereocenters. The Morgan fingerprint density at radius 2 is 2.04 bits per heavy atom. The van der Waals surface area contributed by atoms with Crippen molar-refractivity contribution in [2.75, 3.05) is 6.61 Å². The summed E-state index contributed by atoms with van der Waals surface area (Å²) in [6.45, 7) is 2.17. The third-order valence-electron chi connectivity index (χ3n) is 5.34. The highest BCUT2D eigenvalue weighted by molar-refractivity contribution is 5.79. The van der Waals surface area contributed by atoms with Gasteiger partial charge in [-0.2, -0.15) is 4.98 Å². The summed E-state index contributed by atoms with van der Waals surface area (Å²) in [6, 6.07) is 10.3. The third-order valence-corrected chi connectivity index (χ3v) is 5.34.